The Hall–Kier alpha value is -2.01. The van der Waals surface area contributed by atoms with Gasteiger partial charge in [-0.2, -0.15) is 0 Å². The van der Waals surface area contributed by atoms with Gasteiger partial charge in [-0.1, -0.05) is 23.2 Å². The van der Waals surface area contributed by atoms with Gasteiger partial charge in [0.25, 0.3) is 0 Å². The fourth-order valence-electron chi connectivity index (χ4n) is 4.58. The van der Waals surface area contributed by atoms with Crippen molar-refractivity contribution in [3.05, 3.63) is 74.7 Å². The largest absolute Gasteiger partial charge is 0.371 e. The third kappa shape index (κ3) is 5.40. The van der Waals surface area contributed by atoms with Gasteiger partial charge in [0.2, 0.25) is 5.91 Å². The van der Waals surface area contributed by atoms with Crippen LogP contribution in [0.5, 0.6) is 0 Å². The normalized spacial score (nSPS) is 21.5. The number of aromatic nitrogens is 1. The number of morpholine rings is 1. The second-order valence-electron chi connectivity index (χ2n) is 8.53. The summed E-state index contributed by atoms with van der Waals surface area (Å²) in [6.07, 6.45) is 2.06. The van der Waals surface area contributed by atoms with Gasteiger partial charge in [-0.25, -0.2) is 13.4 Å². The summed E-state index contributed by atoms with van der Waals surface area (Å²) >= 11 is 13.6. The first-order chi connectivity index (χ1) is 16.8. The number of amides is 1. The minimum absolute atomic E-state index is 0.00756. The Balaban J connectivity index is 1.27. The van der Waals surface area contributed by atoms with Crippen molar-refractivity contribution < 1.29 is 17.9 Å². The third-order valence-electron chi connectivity index (χ3n) is 6.28. The van der Waals surface area contributed by atoms with Gasteiger partial charge >= 0.3 is 0 Å². The maximum atomic E-state index is 13.3. The van der Waals surface area contributed by atoms with E-state index in [9.17, 15) is 13.2 Å². The van der Waals surface area contributed by atoms with E-state index in [1.807, 2.05) is 12.1 Å². The number of sulfone groups is 1. The minimum atomic E-state index is -3.50. The first kappa shape index (κ1) is 24.7. The molecule has 2 fully saturated rings. The van der Waals surface area contributed by atoms with Gasteiger partial charge in [-0.05, 0) is 54.4 Å². The van der Waals surface area contributed by atoms with E-state index in [-0.39, 0.29) is 28.7 Å². The number of nitrogens with zero attached hydrogens (tertiary/aromatic N) is 3. The van der Waals surface area contributed by atoms with Gasteiger partial charge < -0.3 is 9.64 Å². The van der Waals surface area contributed by atoms with Gasteiger partial charge in [0.05, 0.1) is 23.6 Å². The molecule has 0 N–H and O–H groups in total. The highest BCUT2D eigenvalue weighted by Gasteiger charge is 2.39. The van der Waals surface area contributed by atoms with Crippen LogP contribution in [-0.2, 0) is 25.1 Å². The molecule has 5 rings (SSSR count). The van der Waals surface area contributed by atoms with E-state index in [1.165, 1.54) is 11.3 Å². The maximum Gasteiger partial charge on any atom is 0.244 e. The molecule has 35 heavy (non-hydrogen) atoms. The molecule has 184 valence electrons. The first-order valence-corrected chi connectivity index (χ1v) is 14.4. The molecule has 0 aliphatic carbocycles. The van der Waals surface area contributed by atoms with E-state index in [0.29, 0.717) is 53.4 Å². The summed E-state index contributed by atoms with van der Waals surface area (Å²) in [4.78, 5) is 21.5. The van der Waals surface area contributed by atoms with Crippen molar-refractivity contribution in [2.24, 2.45) is 0 Å². The Kier molecular flexibility index (Phi) is 7.16. The van der Waals surface area contributed by atoms with Gasteiger partial charge in [0.1, 0.15) is 10.8 Å². The predicted molar refractivity (Wildman–Crippen MR) is 137 cm³/mol. The number of benzene rings is 2. The topological polar surface area (TPSA) is 79.8 Å². The van der Waals surface area contributed by atoms with E-state index in [1.54, 1.807) is 46.8 Å². The van der Waals surface area contributed by atoms with Crippen molar-refractivity contribution in [1.29, 1.82) is 0 Å². The highest BCUT2D eigenvalue weighted by atomic mass is 35.5. The lowest BCUT2D eigenvalue weighted by molar-refractivity contribution is -0.125. The molecule has 2 atom stereocenters. The van der Waals surface area contributed by atoms with Crippen molar-refractivity contribution in [2.75, 3.05) is 31.1 Å². The number of rotatable bonds is 6. The summed E-state index contributed by atoms with van der Waals surface area (Å²) in [5, 5.41) is 3.40. The number of carbonyl (C=O) groups excluding carboxylic acids is 1. The van der Waals surface area contributed by atoms with Crippen LogP contribution in [0.4, 0.5) is 5.69 Å². The van der Waals surface area contributed by atoms with Gasteiger partial charge in [0, 0.05) is 46.9 Å². The van der Waals surface area contributed by atoms with Gasteiger partial charge in [-0.3, -0.25) is 9.69 Å². The lowest BCUT2D eigenvalue weighted by Gasteiger charge is -2.36. The van der Waals surface area contributed by atoms with E-state index in [4.69, 9.17) is 27.9 Å². The Morgan fingerprint density at radius 2 is 1.83 bits per heavy atom. The van der Waals surface area contributed by atoms with Gasteiger partial charge in [-0.15, -0.1) is 11.3 Å². The second kappa shape index (κ2) is 10.2. The van der Waals surface area contributed by atoms with Crippen LogP contribution >= 0.6 is 34.5 Å². The average molecular weight is 553 g/mol. The van der Waals surface area contributed by atoms with Crippen LogP contribution in [-0.4, -0.2) is 56.5 Å². The molecule has 2 aromatic carbocycles. The summed E-state index contributed by atoms with van der Waals surface area (Å²) < 4.78 is 31.3. The number of thiazole rings is 1. The Labute approximate surface area is 218 Å². The minimum Gasteiger partial charge on any atom is -0.371 e. The smallest absolute Gasteiger partial charge is 0.244 e. The lowest BCUT2D eigenvalue weighted by Crippen LogP contribution is -2.48. The molecule has 0 saturated carbocycles. The van der Waals surface area contributed by atoms with E-state index in [0.717, 1.165) is 5.56 Å². The standard InChI is InChI=1S/C24H23Cl2N3O4S2/c25-17-11-16(12-18(26)13-17)22-14-28(8-9-33-22)21-5-7-29(24(21)30)19-1-3-20(4-2-19)35(31,32)15-23-27-6-10-34-23/h1-4,6,10-13,21-22H,5,7-9,14-15H2/t21-,22-/m0/s1. The zero-order valence-corrected chi connectivity index (χ0v) is 21.8. The predicted octanol–water partition coefficient (Wildman–Crippen LogP) is 4.60. The zero-order chi connectivity index (χ0) is 24.6. The van der Waals surface area contributed by atoms with Gasteiger partial charge in [0.15, 0.2) is 9.84 Å². The van der Waals surface area contributed by atoms with E-state index < -0.39 is 9.84 Å². The number of anilines is 1. The number of ether oxygens (including phenoxy) is 1. The van der Waals surface area contributed by atoms with Crippen molar-refractivity contribution >= 4 is 56.0 Å². The molecule has 7 nitrogen and oxygen atoms in total. The second-order valence-corrected chi connectivity index (χ2v) is 12.4. The van der Waals surface area contributed by atoms with Crippen molar-refractivity contribution in [2.45, 2.75) is 29.2 Å². The molecule has 0 spiro atoms. The molecule has 0 radical (unpaired) electrons. The fourth-order valence-corrected chi connectivity index (χ4v) is 7.38. The third-order valence-corrected chi connectivity index (χ3v) is 9.32. The number of hydrogen-bond acceptors (Lipinski definition) is 7. The zero-order valence-electron chi connectivity index (χ0n) is 18.6. The molecule has 3 heterocycles. The van der Waals surface area contributed by atoms with Crippen molar-refractivity contribution in [3.8, 4) is 0 Å². The van der Waals surface area contributed by atoms with Crippen LogP contribution in [0, 0.1) is 0 Å². The summed E-state index contributed by atoms with van der Waals surface area (Å²) in [6.45, 7) is 2.29. The molecule has 0 unspecified atom stereocenters. The lowest BCUT2D eigenvalue weighted by atomic mass is 10.1. The van der Waals surface area contributed by atoms with E-state index in [2.05, 4.69) is 9.88 Å². The van der Waals surface area contributed by atoms with Crippen molar-refractivity contribution in [1.82, 2.24) is 9.88 Å². The molecule has 0 bridgehead atoms. The Morgan fingerprint density at radius 1 is 1.09 bits per heavy atom. The molecule has 3 aromatic rings. The SMILES string of the molecule is O=C1[C@@H](N2CCO[C@H](c3cc(Cl)cc(Cl)c3)C2)CCN1c1ccc(S(=O)(=O)Cc2nccs2)cc1. The molecule has 2 aliphatic rings. The van der Waals surface area contributed by atoms with Crippen LogP contribution in [0.3, 0.4) is 0 Å². The summed E-state index contributed by atoms with van der Waals surface area (Å²) in [7, 11) is -3.50. The number of halogens is 2. The number of carbonyl (C=O) groups is 1. The van der Waals surface area contributed by atoms with Crippen LogP contribution in [0.15, 0.2) is 58.9 Å². The highest BCUT2D eigenvalue weighted by Crippen LogP contribution is 2.32. The fraction of sp³-hybridized carbons (Fsp3) is 0.333. The molecule has 2 saturated heterocycles. The monoisotopic (exact) mass is 551 g/mol. The summed E-state index contributed by atoms with van der Waals surface area (Å²) in [5.74, 6) is -0.127. The maximum absolute atomic E-state index is 13.3. The van der Waals surface area contributed by atoms with E-state index >= 15 is 0 Å². The van der Waals surface area contributed by atoms with Crippen LogP contribution in [0.25, 0.3) is 0 Å². The Bertz CT molecular complexity index is 1300. The van der Waals surface area contributed by atoms with Crippen LogP contribution < -0.4 is 4.90 Å². The molecule has 1 aromatic heterocycles. The summed E-state index contributed by atoms with van der Waals surface area (Å²) in [6, 6.07) is 11.6. The number of hydrogen-bond donors (Lipinski definition) is 0. The molecule has 11 heteroatoms. The van der Waals surface area contributed by atoms with Crippen LogP contribution in [0.2, 0.25) is 10.0 Å². The average Bonchev–Trinajstić information content (AvgIpc) is 3.48. The van der Waals surface area contributed by atoms with Crippen molar-refractivity contribution in [3.63, 3.8) is 0 Å². The molecular formula is C24H23Cl2N3O4S2. The molecule has 2 aliphatic heterocycles. The Morgan fingerprint density at radius 3 is 2.51 bits per heavy atom. The highest BCUT2D eigenvalue weighted by molar-refractivity contribution is 7.90. The molecule has 1 amide bonds. The first-order valence-electron chi connectivity index (χ1n) is 11.1. The summed E-state index contributed by atoms with van der Waals surface area (Å²) in [5.41, 5.74) is 1.58. The van der Waals surface area contributed by atoms with Crippen LogP contribution in [0.1, 0.15) is 23.1 Å². The quantitative estimate of drug-likeness (QED) is 0.445. The molecular weight excluding hydrogens is 529 g/mol.